The van der Waals surface area contributed by atoms with Gasteiger partial charge in [0.25, 0.3) is 0 Å². The summed E-state index contributed by atoms with van der Waals surface area (Å²) in [5, 5.41) is 35.7. The van der Waals surface area contributed by atoms with Crippen molar-refractivity contribution < 1.29 is 39.6 Å². The van der Waals surface area contributed by atoms with Gasteiger partial charge in [0.1, 0.15) is 0 Å². The molecule has 0 aromatic carbocycles. The number of carboxylic acid groups (broad SMARTS) is 4. The van der Waals surface area contributed by atoms with Crippen molar-refractivity contribution in [2.75, 3.05) is 0 Å². The zero-order valence-corrected chi connectivity index (χ0v) is 13.6. The number of carbonyl (C=O) groups is 4. The molecule has 0 aromatic heterocycles. The first-order valence-electron chi connectivity index (χ1n) is 8.04. The third-order valence-electron chi connectivity index (χ3n) is 4.92. The number of hydrogen-bond donors (Lipinski definition) is 4. The van der Waals surface area contributed by atoms with Crippen molar-refractivity contribution in [3.8, 4) is 0 Å². The van der Waals surface area contributed by atoms with Crippen molar-refractivity contribution in [2.45, 2.75) is 45.4 Å². The van der Waals surface area contributed by atoms with E-state index in [2.05, 4.69) is 0 Å². The molecule has 0 saturated heterocycles. The fourth-order valence-electron chi connectivity index (χ4n) is 3.69. The van der Waals surface area contributed by atoms with Crippen LogP contribution in [0.1, 0.15) is 45.4 Å². The molecule has 136 valence electrons. The third-order valence-corrected chi connectivity index (χ3v) is 4.92. The van der Waals surface area contributed by atoms with Gasteiger partial charge < -0.3 is 20.4 Å². The normalized spacial score (nSPS) is 23.5. The van der Waals surface area contributed by atoms with Gasteiger partial charge in [-0.15, -0.1) is 0 Å². The molecule has 0 bridgehead atoms. The summed E-state index contributed by atoms with van der Waals surface area (Å²) in [6.07, 6.45) is 2.56. The van der Waals surface area contributed by atoms with E-state index >= 15 is 0 Å². The highest BCUT2D eigenvalue weighted by Gasteiger charge is 2.36. The summed E-state index contributed by atoms with van der Waals surface area (Å²) in [5.74, 6) is -7.73. The fourth-order valence-corrected chi connectivity index (χ4v) is 3.69. The van der Waals surface area contributed by atoms with Gasteiger partial charge in [0.15, 0.2) is 11.8 Å². The largest absolute Gasteiger partial charge is 0.481 e. The van der Waals surface area contributed by atoms with E-state index in [1.54, 1.807) is 0 Å². The maximum absolute atomic E-state index is 10.9. The second kappa shape index (κ2) is 8.65. The van der Waals surface area contributed by atoms with Crippen LogP contribution in [0.15, 0.2) is 0 Å². The maximum atomic E-state index is 10.9. The average molecular weight is 344 g/mol. The average Bonchev–Trinajstić information content (AvgIpc) is 2.77. The Morgan fingerprint density at radius 2 is 1.04 bits per heavy atom. The predicted molar refractivity (Wildman–Crippen MR) is 81.4 cm³/mol. The highest BCUT2D eigenvalue weighted by molar-refractivity contribution is 5.93. The van der Waals surface area contributed by atoms with Crippen LogP contribution in [-0.2, 0) is 19.2 Å². The van der Waals surface area contributed by atoms with E-state index in [-0.39, 0.29) is 24.7 Å². The van der Waals surface area contributed by atoms with Gasteiger partial charge in [-0.3, -0.25) is 19.2 Å². The summed E-state index contributed by atoms with van der Waals surface area (Å²) >= 11 is 0. The molecular formula is C16H24O8. The first kappa shape index (κ1) is 19.9. The van der Waals surface area contributed by atoms with Crippen LogP contribution in [0.5, 0.6) is 0 Å². The lowest BCUT2D eigenvalue weighted by molar-refractivity contribution is -0.157. The van der Waals surface area contributed by atoms with Gasteiger partial charge in [-0.25, -0.2) is 0 Å². The fraction of sp³-hybridized carbons (Fsp3) is 0.750. The minimum Gasteiger partial charge on any atom is -0.481 e. The zero-order chi connectivity index (χ0) is 18.4. The highest BCUT2D eigenvalue weighted by Crippen LogP contribution is 2.42. The summed E-state index contributed by atoms with van der Waals surface area (Å²) in [6.45, 7) is 2.03. The molecule has 8 nitrogen and oxygen atoms in total. The van der Waals surface area contributed by atoms with Crippen molar-refractivity contribution in [1.82, 2.24) is 0 Å². The van der Waals surface area contributed by atoms with Crippen LogP contribution in [-0.4, -0.2) is 44.3 Å². The van der Waals surface area contributed by atoms with Crippen molar-refractivity contribution >= 4 is 23.9 Å². The summed E-state index contributed by atoms with van der Waals surface area (Å²) in [7, 11) is 0. The van der Waals surface area contributed by atoms with Crippen molar-refractivity contribution in [3.05, 3.63) is 0 Å². The van der Waals surface area contributed by atoms with Gasteiger partial charge in [0.2, 0.25) is 0 Å². The molecule has 24 heavy (non-hydrogen) atoms. The molecule has 1 saturated carbocycles. The van der Waals surface area contributed by atoms with Crippen molar-refractivity contribution in [1.29, 1.82) is 0 Å². The maximum Gasteiger partial charge on any atom is 0.317 e. The van der Waals surface area contributed by atoms with Gasteiger partial charge in [-0.1, -0.05) is 6.92 Å². The molecule has 1 aliphatic rings. The molecule has 0 amide bonds. The smallest absolute Gasteiger partial charge is 0.317 e. The monoisotopic (exact) mass is 344 g/mol. The minimum atomic E-state index is -1.44. The number of aliphatic carboxylic acids is 4. The van der Waals surface area contributed by atoms with Crippen LogP contribution in [0, 0.1) is 29.6 Å². The Morgan fingerprint density at radius 3 is 1.29 bits per heavy atom. The summed E-state index contributed by atoms with van der Waals surface area (Å²) < 4.78 is 0. The highest BCUT2D eigenvalue weighted by atomic mass is 16.4. The van der Waals surface area contributed by atoms with Crippen LogP contribution < -0.4 is 0 Å². The molecule has 0 heterocycles. The quantitative estimate of drug-likeness (QED) is 0.438. The Labute approximate surface area is 139 Å². The summed E-state index contributed by atoms with van der Waals surface area (Å²) in [6, 6.07) is 0. The Morgan fingerprint density at radius 1 is 0.750 bits per heavy atom. The second-order valence-electron chi connectivity index (χ2n) is 6.71. The Kier molecular flexibility index (Phi) is 7.18. The van der Waals surface area contributed by atoms with Gasteiger partial charge in [0, 0.05) is 0 Å². The SMILES string of the molecule is CC1CC(CCC(C(=O)O)C(=O)O)C(CCC(C(=O)O)C(=O)O)C1. The van der Waals surface area contributed by atoms with E-state index in [0.29, 0.717) is 18.8 Å². The van der Waals surface area contributed by atoms with Crippen molar-refractivity contribution in [2.24, 2.45) is 29.6 Å². The predicted octanol–water partition coefficient (Wildman–Crippen LogP) is 1.78. The number of carboxylic acids is 4. The number of hydrogen-bond acceptors (Lipinski definition) is 4. The molecule has 0 aliphatic heterocycles. The standard InChI is InChI=1S/C16H24O8/c1-8-6-9(2-4-11(13(17)18)14(19)20)10(7-8)3-5-12(15(21)22)16(23)24/h8-12H,2-7H2,1H3,(H,17,18)(H,19,20)(H,21,22)(H,23,24). The molecule has 0 aromatic rings. The van der Waals surface area contributed by atoms with E-state index in [1.165, 1.54) is 0 Å². The van der Waals surface area contributed by atoms with Crippen LogP contribution >= 0.6 is 0 Å². The summed E-state index contributed by atoms with van der Waals surface area (Å²) in [4.78, 5) is 43.8. The molecule has 0 spiro atoms. The first-order valence-corrected chi connectivity index (χ1v) is 8.04. The molecule has 2 unspecified atom stereocenters. The van der Waals surface area contributed by atoms with Gasteiger partial charge in [0.05, 0.1) is 0 Å². The van der Waals surface area contributed by atoms with E-state index < -0.39 is 35.7 Å². The number of rotatable bonds is 10. The van der Waals surface area contributed by atoms with Crippen LogP contribution in [0.4, 0.5) is 0 Å². The lowest BCUT2D eigenvalue weighted by Crippen LogP contribution is -2.26. The molecule has 8 heteroatoms. The van der Waals surface area contributed by atoms with E-state index in [4.69, 9.17) is 20.4 Å². The molecule has 2 atom stereocenters. The van der Waals surface area contributed by atoms with Crippen LogP contribution in [0.3, 0.4) is 0 Å². The van der Waals surface area contributed by atoms with Crippen LogP contribution in [0.25, 0.3) is 0 Å². The second-order valence-corrected chi connectivity index (χ2v) is 6.71. The molecule has 0 radical (unpaired) electrons. The first-order chi connectivity index (χ1) is 11.1. The van der Waals surface area contributed by atoms with E-state index in [9.17, 15) is 19.2 Å². The molecule has 1 aliphatic carbocycles. The van der Waals surface area contributed by atoms with Crippen molar-refractivity contribution in [3.63, 3.8) is 0 Å². The minimum absolute atomic E-state index is 0.0276. The van der Waals surface area contributed by atoms with Gasteiger partial charge in [-0.2, -0.15) is 0 Å². The Balaban J connectivity index is 2.63. The molecule has 1 rings (SSSR count). The summed E-state index contributed by atoms with van der Waals surface area (Å²) in [5.41, 5.74) is 0. The molecular weight excluding hydrogens is 320 g/mol. The van der Waals surface area contributed by atoms with Gasteiger partial charge >= 0.3 is 23.9 Å². The molecule has 1 fully saturated rings. The Bertz CT molecular complexity index is 428. The zero-order valence-electron chi connectivity index (χ0n) is 13.6. The van der Waals surface area contributed by atoms with Gasteiger partial charge in [-0.05, 0) is 56.3 Å². The topological polar surface area (TPSA) is 149 Å². The lowest BCUT2D eigenvalue weighted by atomic mass is 9.84. The third kappa shape index (κ3) is 5.50. The van der Waals surface area contributed by atoms with E-state index in [0.717, 1.165) is 12.8 Å². The van der Waals surface area contributed by atoms with Crippen LogP contribution in [0.2, 0.25) is 0 Å². The van der Waals surface area contributed by atoms with E-state index in [1.807, 2.05) is 6.92 Å². The Hall–Kier alpha value is -2.12. The lowest BCUT2D eigenvalue weighted by Gasteiger charge is -2.21. The molecule has 4 N–H and O–H groups in total.